The molecule has 2 aliphatic rings. The Morgan fingerprint density at radius 2 is 1.76 bits per heavy atom. The first-order chi connectivity index (χ1) is 12.1. The lowest BCUT2D eigenvalue weighted by atomic mass is 10.1. The maximum absolute atomic E-state index is 13.1. The van der Waals surface area contributed by atoms with Gasteiger partial charge in [-0.05, 0) is 30.5 Å². The normalized spacial score (nSPS) is 18.9. The molecule has 0 atom stereocenters. The van der Waals surface area contributed by atoms with Gasteiger partial charge in [-0.25, -0.2) is 4.39 Å². The molecule has 5 heteroatoms. The van der Waals surface area contributed by atoms with E-state index in [-0.39, 0.29) is 23.5 Å². The number of hydrogen-bond donors (Lipinski definition) is 0. The molecule has 1 aromatic rings. The highest BCUT2D eigenvalue weighted by Gasteiger charge is 2.30. The Morgan fingerprint density at radius 3 is 2.44 bits per heavy atom. The summed E-state index contributed by atoms with van der Waals surface area (Å²) in [6, 6.07) is 6.29. The summed E-state index contributed by atoms with van der Waals surface area (Å²) < 4.78 is 13.1. The fourth-order valence-electron chi connectivity index (χ4n) is 3.64. The largest absolute Gasteiger partial charge is 0.339 e. The Labute approximate surface area is 148 Å². The summed E-state index contributed by atoms with van der Waals surface area (Å²) >= 11 is 0. The average Bonchev–Trinajstić information content (AvgIpc) is 3.16. The Kier molecular flexibility index (Phi) is 5.84. The van der Waals surface area contributed by atoms with Crippen LogP contribution in [0.1, 0.15) is 37.7 Å². The van der Waals surface area contributed by atoms with Crippen LogP contribution in [0.5, 0.6) is 0 Å². The monoisotopic (exact) mass is 344 g/mol. The molecule has 0 N–H and O–H groups in total. The molecule has 134 valence electrons. The van der Waals surface area contributed by atoms with Gasteiger partial charge in [0.05, 0.1) is 0 Å². The Balaban J connectivity index is 1.44. The number of benzene rings is 1. The predicted octanol–water partition coefficient (Wildman–Crippen LogP) is 3.09. The molecular formula is C20H25FN2O2. The molecule has 0 spiro atoms. The Bertz CT molecular complexity index is 645. The number of rotatable bonds is 4. The van der Waals surface area contributed by atoms with Crippen LogP contribution in [0.4, 0.5) is 4.39 Å². The van der Waals surface area contributed by atoms with E-state index in [9.17, 15) is 14.0 Å². The number of carbonyl (C=O) groups excluding carboxylic acids is 2. The smallest absolute Gasteiger partial charge is 0.226 e. The number of hydrogen-bond acceptors (Lipinski definition) is 2. The third-order valence-electron chi connectivity index (χ3n) is 5.10. The molecule has 4 nitrogen and oxygen atoms in total. The maximum Gasteiger partial charge on any atom is 0.226 e. The molecule has 2 amide bonds. The van der Waals surface area contributed by atoms with Gasteiger partial charge in [-0.3, -0.25) is 9.59 Å². The summed E-state index contributed by atoms with van der Waals surface area (Å²) in [5.41, 5.74) is 0.750. The number of piperazine rings is 1. The molecule has 1 heterocycles. The fourth-order valence-corrected chi connectivity index (χ4v) is 3.64. The van der Waals surface area contributed by atoms with E-state index in [1.807, 2.05) is 9.80 Å². The van der Waals surface area contributed by atoms with Crippen LogP contribution >= 0.6 is 0 Å². The molecule has 1 aromatic carbocycles. The van der Waals surface area contributed by atoms with E-state index >= 15 is 0 Å². The van der Waals surface area contributed by atoms with Crippen molar-refractivity contribution in [3.63, 3.8) is 0 Å². The zero-order chi connectivity index (χ0) is 17.6. The summed E-state index contributed by atoms with van der Waals surface area (Å²) in [6.07, 6.45) is 8.19. The van der Waals surface area contributed by atoms with Gasteiger partial charge in [-0.1, -0.05) is 37.1 Å². The fraction of sp³-hybridized carbons (Fsp3) is 0.500. The van der Waals surface area contributed by atoms with E-state index in [1.165, 1.54) is 12.1 Å². The van der Waals surface area contributed by atoms with Crippen molar-refractivity contribution in [2.24, 2.45) is 5.92 Å². The van der Waals surface area contributed by atoms with Crippen LogP contribution in [-0.2, 0) is 9.59 Å². The zero-order valence-corrected chi connectivity index (χ0v) is 14.5. The first-order valence-corrected chi connectivity index (χ1v) is 9.12. The number of halogens is 1. The van der Waals surface area contributed by atoms with Crippen LogP contribution in [0.15, 0.2) is 30.3 Å². The molecule has 2 fully saturated rings. The molecule has 0 unspecified atom stereocenters. The molecular weight excluding hydrogens is 319 g/mol. The van der Waals surface area contributed by atoms with Crippen LogP contribution in [-0.4, -0.2) is 47.8 Å². The topological polar surface area (TPSA) is 40.6 Å². The maximum atomic E-state index is 13.1. The van der Waals surface area contributed by atoms with Gasteiger partial charge in [-0.2, -0.15) is 0 Å². The number of nitrogens with zero attached hydrogens (tertiary/aromatic N) is 2. The quantitative estimate of drug-likeness (QED) is 0.842. The molecule has 1 aliphatic heterocycles. The third-order valence-corrected chi connectivity index (χ3v) is 5.10. The summed E-state index contributed by atoms with van der Waals surface area (Å²) in [5.74, 6) is 0.254. The third kappa shape index (κ3) is 4.68. The molecule has 1 saturated carbocycles. The van der Waals surface area contributed by atoms with E-state index in [0.29, 0.717) is 32.6 Å². The van der Waals surface area contributed by atoms with Crippen molar-refractivity contribution in [1.82, 2.24) is 9.80 Å². The lowest BCUT2D eigenvalue weighted by Gasteiger charge is -2.36. The minimum atomic E-state index is -0.281. The van der Waals surface area contributed by atoms with Crippen molar-refractivity contribution >= 4 is 17.9 Å². The molecule has 0 radical (unpaired) electrons. The standard InChI is InChI=1S/C20H25FN2O2/c21-18-9-3-5-16(15-18)6-4-10-19(24)22-11-13-23(14-12-22)20(25)17-7-1-2-8-17/h3-6,9,15,17H,1-2,7-8,10-14H2/b6-4+. The van der Waals surface area contributed by atoms with E-state index in [0.717, 1.165) is 31.2 Å². The Hall–Kier alpha value is -2.17. The van der Waals surface area contributed by atoms with E-state index in [2.05, 4.69) is 0 Å². The second kappa shape index (κ2) is 8.28. The number of carbonyl (C=O) groups is 2. The van der Waals surface area contributed by atoms with Crippen LogP contribution in [0.3, 0.4) is 0 Å². The van der Waals surface area contributed by atoms with Crippen molar-refractivity contribution in [3.05, 3.63) is 41.7 Å². The Morgan fingerprint density at radius 1 is 1.08 bits per heavy atom. The molecule has 1 aliphatic carbocycles. The molecule has 0 bridgehead atoms. The second-order valence-corrected chi connectivity index (χ2v) is 6.85. The molecule has 3 rings (SSSR count). The molecule has 25 heavy (non-hydrogen) atoms. The summed E-state index contributed by atoms with van der Waals surface area (Å²) in [7, 11) is 0. The minimum Gasteiger partial charge on any atom is -0.339 e. The van der Waals surface area contributed by atoms with Gasteiger partial charge in [-0.15, -0.1) is 0 Å². The van der Waals surface area contributed by atoms with Gasteiger partial charge in [0, 0.05) is 38.5 Å². The lowest BCUT2D eigenvalue weighted by molar-refractivity contribution is -0.141. The van der Waals surface area contributed by atoms with Gasteiger partial charge < -0.3 is 9.80 Å². The summed E-state index contributed by atoms with van der Waals surface area (Å²) in [5, 5.41) is 0. The van der Waals surface area contributed by atoms with Crippen LogP contribution < -0.4 is 0 Å². The van der Waals surface area contributed by atoms with E-state index in [1.54, 1.807) is 24.3 Å². The van der Waals surface area contributed by atoms with Crippen molar-refractivity contribution < 1.29 is 14.0 Å². The molecule has 1 saturated heterocycles. The highest BCUT2D eigenvalue weighted by molar-refractivity contribution is 5.81. The molecule has 0 aromatic heterocycles. The van der Waals surface area contributed by atoms with Crippen LogP contribution in [0.25, 0.3) is 6.08 Å². The van der Waals surface area contributed by atoms with E-state index in [4.69, 9.17) is 0 Å². The summed E-state index contributed by atoms with van der Waals surface area (Å²) in [6.45, 7) is 2.47. The second-order valence-electron chi connectivity index (χ2n) is 6.85. The SMILES string of the molecule is O=C(C/C=C/c1cccc(F)c1)N1CCN(C(=O)C2CCCC2)CC1. The van der Waals surface area contributed by atoms with Gasteiger partial charge in [0.15, 0.2) is 0 Å². The first kappa shape index (κ1) is 17.6. The lowest BCUT2D eigenvalue weighted by Crippen LogP contribution is -2.51. The average molecular weight is 344 g/mol. The summed E-state index contributed by atoms with van der Waals surface area (Å²) in [4.78, 5) is 28.4. The highest BCUT2D eigenvalue weighted by atomic mass is 19.1. The van der Waals surface area contributed by atoms with Crippen LogP contribution in [0.2, 0.25) is 0 Å². The van der Waals surface area contributed by atoms with E-state index < -0.39 is 0 Å². The van der Waals surface area contributed by atoms with Gasteiger partial charge >= 0.3 is 0 Å². The van der Waals surface area contributed by atoms with Gasteiger partial charge in [0.25, 0.3) is 0 Å². The van der Waals surface area contributed by atoms with Crippen molar-refractivity contribution in [3.8, 4) is 0 Å². The van der Waals surface area contributed by atoms with Crippen LogP contribution in [0, 0.1) is 11.7 Å². The van der Waals surface area contributed by atoms with Crippen molar-refractivity contribution in [2.45, 2.75) is 32.1 Å². The van der Waals surface area contributed by atoms with Crippen molar-refractivity contribution in [2.75, 3.05) is 26.2 Å². The number of amides is 2. The van der Waals surface area contributed by atoms with Gasteiger partial charge in [0.1, 0.15) is 5.82 Å². The van der Waals surface area contributed by atoms with Gasteiger partial charge in [0.2, 0.25) is 11.8 Å². The highest BCUT2D eigenvalue weighted by Crippen LogP contribution is 2.27. The predicted molar refractivity (Wildman–Crippen MR) is 95.2 cm³/mol. The minimum absolute atomic E-state index is 0.0561. The first-order valence-electron chi connectivity index (χ1n) is 9.12. The zero-order valence-electron chi connectivity index (χ0n) is 14.5. The van der Waals surface area contributed by atoms with Crippen molar-refractivity contribution in [1.29, 1.82) is 0 Å².